The van der Waals surface area contributed by atoms with Crippen LogP contribution in [0.25, 0.3) is 0 Å². The summed E-state index contributed by atoms with van der Waals surface area (Å²) in [5, 5.41) is 8.06. The number of aryl methyl sites for hydroxylation is 1. The smallest absolute Gasteiger partial charge is 0.251 e. The molecule has 1 fully saturated rings. The summed E-state index contributed by atoms with van der Waals surface area (Å²) in [6, 6.07) is 4.87. The number of nitrogens with one attached hydrogen (secondary N) is 1. The molecule has 0 unspecified atom stereocenters. The van der Waals surface area contributed by atoms with Crippen molar-refractivity contribution in [3.8, 4) is 0 Å². The molecule has 0 spiro atoms. The van der Waals surface area contributed by atoms with Gasteiger partial charge in [0.05, 0.1) is 4.90 Å². The highest BCUT2D eigenvalue weighted by atomic mass is 32.2. The first-order valence-electron chi connectivity index (χ1n) is 6.38. The van der Waals surface area contributed by atoms with Gasteiger partial charge >= 0.3 is 0 Å². The first-order valence-corrected chi connectivity index (χ1v) is 7.93. The van der Waals surface area contributed by atoms with Crippen molar-refractivity contribution in [2.24, 2.45) is 5.14 Å². The van der Waals surface area contributed by atoms with Crippen LogP contribution in [-0.2, 0) is 16.4 Å². The van der Waals surface area contributed by atoms with Crippen LogP contribution in [0.3, 0.4) is 0 Å². The molecule has 0 atom stereocenters. The molecule has 19 heavy (non-hydrogen) atoms. The molecule has 6 heteroatoms. The normalized spacial score (nSPS) is 15.9. The maximum Gasteiger partial charge on any atom is 0.251 e. The Kier molecular flexibility index (Phi) is 3.91. The van der Waals surface area contributed by atoms with Crippen LogP contribution in [0.2, 0.25) is 0 Å². The second-order valence-corrected chi connectivity index (χ2v) is 6.35. The second kappa shape index (κ2) is 5.30. The molecule has 2 rings (SSSR count). The topological polar surface area (TPSA) is 89.3 Å². The van der Waals surface area contributed by atoms with Crippen LogP contribution in [0.5, 0.6) is 0 Å². The van der Waals surface area contributed by atoms with E-state index >= 15 is 0 Å². The van der Waals surface area contributed by atoms with E-state index < -0.39 is 10.0 Å². The minimum absolute atomic E-state index is 0.0382. The van der Waals surface area contributed by atoms with Gasteiger partial charge in [-0.15, -0.1) is 0 Å². The average molecular weight is 282 g/mol. The van der Waals surface area contributed by atoms with Crippen molar-refractivity contribution in [1.82, 2.24) is 5.32 Å². The van der Waals surface area contributed by atoms with Gasteiger partial charge in [0.2, 0.25) is 10.0 Å². The molecular formula is C13H18N2O3S. The standard InChI is InChI=1S/C13H18N2O3S/c1-2-9-6-7-10(8-12(9)19(14,17)18)13(16)15-11-4-3-5-11/h6-8,11H,2-5H2,1H3,(H,15,16)(H2,14,17,18). The van der Waals surface area contributed by atoms with Gasteiger partial charge in [-0.05, 0) is 43.4 Å². The van der Waals surface area contributed by atoms with Crippen molar-refractivity contribution < 1.29 is 13.2 Å². The molecule has 104 valence electrons. The molecule has 1 saturated carbocycles. The maximum absolute atomic E-state index is 12.0. The highest BCUT2D eigenvalue weighted by Gasteiger charge is 2.21. The summed E-state index contributed by atoms with van der Waals surface area (Å²) < 4.78 is 23.0. The molecule has 1 amide bonds. The fraction of sp³-hybridized carbons (Fsp3) is 0.462. The minimum Gasteiger partial charge on any atom is -0.349 e. The van der Waals surface area contributed by atoms with Crippen LogP contribution in [0.15, 0.2) is 23.1 Å². The minimum atomic E-state index is -3.80. The largest absolute Gasteiger partial charge is 0.349 e. The Hall–Kier alpha value is -1.40. The molecule has 1 aliphatic rings. The molecule has 5 nitrogen and oxygen atoms in total. The van der Waals surface area contributed by atoms with Crippen molar-refractivity contribution in [1.29, 1.82) is 0 Å². The maximum atomic E-state index is 12.0. The van der Waals surface area contributed by atoms with Gasteiger partial charge in [0.1, 0.15) is 0 Å². The number of primary sulfonamides is 1. The number of hydrogen-bond donors (Lipinski definition) is 2. The van der Waals surface area contributed by atoms with E-state index in [1.54, 1.807) is 12.1 Å². The summed E-state index contributed by atoms with van der Waals surface area (Å²) in [7, 11) is -3.80. The Labute approximate surface area is 113 Å². The van der Waals surface area contributed by atoms with Crippen molar-refractivity contribution >= 4 is 15.9 Å². The van der Waals surface area contributed by atoms with Crippen molar-refractivity contribution in [3.63, 3.8) is 0 Å². The third-order valence-corrected chi connectivity index (χ3v) is 4.45. The number of rotatable bonds is 4. The lowest BCUT2D eigenvalue weighted by molar-refractivity contribution is 0.0916. The van der Waals surface area contributed by atoms with E-state index in [2.05, 4.69) is 5.32 Å². The zero-order chi connectivity index (χ0) is 14.0. The fourth-order valence-electron chi connectivity index (χ4n) is 2.07. The molecule has 0 aliphatic heterocycles. The van der Waals surface area contributed by atoms with Crippen LogP contribution in [0, 0.1) is 0 Å². The lowest BCUT2D eigenvalue weighted by Gasteiger charge is -2.26. The van der Waals surface area contributed by atoms with E-state index in [0.29, 0.717) is 17.5 Å². The number of benzene rings is 1. The number of nitrogens with two attached hydrogens (primary N) is 1. The van der Waals surface area contributed by atoms with Crippen LogP contribution < -0.4 is 10.5 Å². The highest BCUT2D eigenvalue weighted by Crippen LogP contribution is 2.20. The molecule has 0 saturated heterocycles. The van der Waals surface area contributed by atoms with Gasteiger partial charge in [0, 0.05) is 11.6 Å². The lowest BCUT2D eigenvalue weighted by atomic mass is 9.93. The second-order valence-electron chi connectivity index (χ2n) is 4.82. The first kappa shape index (κ1) is 14.0. The Bertz CT molecular complexity index is 592. The summed E-state index contributed by atoms with van der Waals surface area (Å²) in [5.41, 5.74) is 0.968. The van der Waals surface area contributed by atoms with E-state index in [1.165, 1.54) is 6.07 Å². The Morgan fingerprint density at radius 3 is 2.58 bits per heavy atom. The molecule has 0 heterocycles. The van der Waals surface area contributed by atoms with Gasteiger partial charge in [0.25, 0.3) is 5.91 Å². The van der Waals surface area contributed by atoms with E-state index in [-0.39, 0.29) is 16.8 Å². The Balaban J connectivity index is 2.29. The number of carbonyl (C=O) groups excluding carboxylic acids is 1. The Morgan fingerprint density at radius 2 is 2.11 bits per heavy atom. The molecule has 0 aromatic heterocycles. The first-order chi connectivity index (χ1) is 8.91. The molecular weight excluding hydrogens is 264 g/mol. The fourth-order valence-corrected chi connectivity index (χ4v) is 2.94. The quantitative estimate of drug-likeness (QED) is 0.869. The van der Waals surface area contributed by atoms with Crippen LogP contribution in [-0.4, -0.2) is 20.4 Å². The predicted molar refractivity (Wildman–Crippen MR) is 72.3 cm³/mol. The van der Waals surface area contributed by atoms with E-state index in [0.717, 1.165) is 19.3 Å². The summed E-state index contributed by atoms with van der Waals surface area (Å²) in [4.78, 5) is 12.0. The van der Waals surface area contributed by atoms with Gasteiger partial charge in [0.15, 0.2) is 0 Å². The van der Waals surface area contributed by atoms with E-state index in [1.807, 2.05) is 6.92 Å². The van der Waals surface area contributed by atoms with Gasteiger partial charge in [-0.1, -0.05) is 13.0 Å². The van der Waals surface area contributed by atoms with Gasteiger partial charge in [-0.2, -0.15) is 0 Å². The third-order valence-electron chi connectivity index (χ3n) is 3.46. The van der Waals surface area contributed by atoms with Crippen LogP contribution in [0.4, 0.5) is 0 Å². The molecule has 3 N–H and O–H groups in total. The number of carbonyl (C=O) groups is 1. The average Bonchev–Trinajstić information content (AvgIpc) is 2.31. The summed E-state index contributed by atoms with van der Waals surface area (Å²) in [6.07, 6.45) is 3.65. The zero-order valence-electron chi connectivity index (χ0n) is 10.8. The highest BCUT2D eigenvalue weighted by molar-refractivity contribution is 7.89. The summed E-state index contributed by atoms with van der Waals surface area (Å²) in [5.74, 6) is -0.239. The van der Waals surface area contributed by atoms with Crippen LogP contribution in [0.1, 0.15) is 42.1 Å². The molecule has 1 aromatic carbocycles. The monoisotopic (exact) mass is 282 g/mol. The number of sulfonamides is 1. The summed E-state index contributed by atoms with van der Waals surface area (Å²) in [6.45, 7) is 1.85. The van der Waals surface area contributed by atoms with Crippen molar-refractivity contribution in [2.45, 2.75) is 43.5 Å². The Morgan fingerprint density at radius 1 is 1.42 bits per heavy atom. The SMILES string of the molecule is CCc1ccc(C(=O)NC2CCC2)cc1S(N)(=O)=O. The van der Waals surface area contributed by atoms with Gasteiger partial charge in [-0.3, -0.25) is 4.79 Å². The molecule has 0 radical (unpaired) electrons. The van der Waals surface area contributed by atoms with Gasteiger partial charge < -0.3 is 5.32 Å². The predicted octanol–water partition coefficient (Wildman–Crippen LogP) is 1.18. The number of amides is 1. The molecule has 1 aromatic rings. The van der Waals surface area contributed by atoms with Crippen LogP contribution >= 0.6 is 0 Å². The van der Waals surface area contributed by atoms with Gasteiger partial charge in [-0.25, -0.2) is 13.6 Å². The van der Waals surface area contributed by atoms with Crippen molar-refractivity contribution in [2.75, 3.05) is 0 Å². The third kappa shape index (κ3) is 3.13. The molecule has 0 bridgehead atoms. The van der Waals surface area contributed by atoms with E-state index in [4.69, 9.17) is 5.14 Å². The number of hydrogen-bond acceptors (Lipinski definition) is 3. The zero-order valence-corrected chi connectivity index (χ0v) is 11.7. The molecule has 1 aliphatic carbocycles. The van der Waals surface area contributed by atoms with Crippen molar-refractivity contribution in [3.05, 3.63) is 29.3 Å². The lowest BCUT2D eigenvalue weighted by Crippen LogP contribution is -2.39. The summed E-state index contributed by atoms with van der Waals surface area (Å²) >= 11 is 0. The van der Waals surface area contributed by atoms with E-state index in [9.17, 15) is 13.2 Å².